The number of allylic oxidation sites excluding steroid dienone is 3. The summed E-state index contributed by atoms with van der Waals surface area (Å²) < 4.78 is 32.4. The molecule has 0 spiro atoms. The van der Waals surface area contributed by atoms with E-state index in [0.717, 1.165) is 30.5 Å². The van der Waals surface area contributed by atoms with Gasteiger partial charge in [0.25, 0.3) is 10.1 Å². The highest BCUT2D eigenvalue weighted by Gasteiger charge is 2.39. The van der Waals surface area contributed by atoms with Crippen molar-refractivity contribution >= 4 is 10.1 Å². The van der Waals surface area contributed by atoms with Gasteiger partial charge in [0.1, 0.15) is 5.75 Å². The fourth-order valence-electron chi connectivity index (χ4n) is 3.87. The van der Waals surface area contributed by atoms with Crippen LogP contribution in [0.1, 0.15) is 54.4 Å². The molecule has 2 aliphatic heterocycles. The quantitative estimate of drug-likeness (QED) is 0.791. The van der Waals surface area contributed by atoms with E-state index in [1.807, 2.05) is 6.08 Å². The molecule has 0 atom stereocenters. The van der Waals surface area contributed by atoms with Crippen LogP contribution >= 0.6 is 0 Å². The van der Waals surface area contributed by atoms with Crippen molar-refractivity contribution in [3.05, 3.63) is 34.1 Å². The maximum absolute atomic E-state index is 11.5. The van der Waals surface area contributed by atoms with Crippen molar-refractivity contribution in [3.63, 3.8) is 0 Å². The van der Waals surface area contributed by atoms with E-state index in [-0.39, 0.29) is 17.2 Å². The Morgan fingerprint density at radius 2 is 1.96 bits per heavy atom. The monoisotopic (exact) mass is 339 g/mol. The minimum atomic E-state index is -4.05. The van der Waals surface area contributed by atoms with Crippen LogP contribution in [0, 0.1) is 5.92 Å². The summed E-state index contributed by atoms with van der Waals surface area (Å²) in [6.45, 7) is 13.6. The Morgan fingerprint density at radius 3 is 2.43 bits per heavy atom. The van der Waals surface area contributed by atoms with Gasteiger partial charge in [-0.1, -0.05) is 25.5 Å². The zero-order chi connectivity index (χ0) is 17.6. The van der Waals surface area contributed by atoms with E-state index < -0.39 is 10.1 Å². The molecule has 130 valence electrons. The van der Waals surface area contributed by atoms with Crippen molar-refractivity contribution in [3.8, 4) is 0 Å². The topological polar surface area (TPSA) is 57.6 Å². The van der Waals surface area contributed by atoms with E-state index in [1.165, 1.54) is 16.8 Å². The van der Waals surface area contributed by atoms with Crippen molar-refractivity contribution < 1.29 is 13.0 Å². The number of fused-ring (bicyclic) bond motifs is 1. The Balaban J connectivity index is 2.74. The second-order valence-electron chi connectivity index (χ2n) is 7.70. The first kappa shape index (κ1) is 18.3. The van der Waals surface area contributed by atoms with Gasteiger partial charge in [-0.3, -0.25) is 4.55 Å². The number of piperidine rings is 1. The molecule has 0 aromatic rings. The average Bonchev–Trinajstić information content (AvgIpc) is 2.34. The number of rotatable bonds is 3. The van der Waals surface area contributed by atoms with Gasteiger partial charge in [0.2, 0.25) is 0 Å². The van der Waals surface area contributed by atoms with E-state index in [1.54, 1.807) is 0 Å². The fraction of sp³-hybridized carbons (Fsp3) is 0.667. The van der Waals surface area contributed by atoms with E-state index in [2.05, 4.69) is 46.4 Å². The zero-order valence-electron chi connectivity index (χ0n) is 15.1. The van der Waals surface area contributed by atoms with Crippen molar-refractivity contribution in [2.75, 3.05) is 12.3 Å². The van der Waals surface area contributed by atoms with E-state index >= 15 is 0 Å². The molecule has 1 saturated heterocycles. The maximum atomic E-state index is 11.5. The second-order valence-corrected chi connectivity index (χ2v) is 9.15. The lowest BCUT2D eigenvalue weighted by Gasteiger charge is -2.49. The minimum absolute atomic E-state index is 0.198. The third-order valence-electron chi connectivity index (χ3n) is 4.71. The Kier molecular flexibility index (Phi) is 4.84. The standard InChI is InChI=1S/C18H29NO3S/c1-12(2)15-8-7-9-19-17(15)16(13(3)4)14(10-18(19,5)6)11-23(20,21)22/h10,13H,7-9,11H2,1-6H3,(H,20,21,22). The summed E-state index contributed by atoms with van der Waals surface area (Å²) >= 11 is 0. The van der Waals surface area contributed by atoms with Crippen LogP contribution in [0.3, 0.4) is 0 Å². The third-order valence-corrected chi connectivity index (χ3v) is 5.38. The second kappa shape index (κ2) is 6.10. The van der Waals surface area contributed by atoms with Gasteiger partial charge in [-0.25, -0.2) is 0 Å². The van der Waals surface area contributed by atoms with Crippen molar-refractivity contribution in [1.29, 1.82) is 0 Å². The summed E-state index contributed by atoms with van der Waals surface area (Å²) in [4.78, 5) is 2.40. The van der Waals surface area contributed by atoms with Gasteiger partial charge in [0.05, 0.1) is 5.54 Å². The Hall–Kier alpha value is -1.07. The Labute approximate surface area is 140 Å². The highest BCUT2D eigenvalue weighted by atomic mass is 32.2. The number of hydrogen-bond donors (Lipinski definition) is 1. The zero-order valence-corrected chi connectivity index (χ0v) is 15.9. The van der Waals surface area contributed by atoms with Gasteiger partial charge >= 0.3 is 0 Å². The van der Waals surface area contributed by atoms with E-state index in [0.29, 0.717) is 0 Å². The smallest absolute Gasteiger partial charge is 0.269 e. The molecule has 5 heteroatoms. The van der Waals surface area contributed by atoms with Crippen LogP contribution in [-0.2, 0) is 10.1 Å². The maximum Gasteiger partial charge on any atom is 0.269 e. The molecule has 0 saturated carbocycles. The van der Waals surface area contributed by atoms with Crippen LogP contribution in [0.15, 0.2) is 34.1 Å². The van der Waals surface area contributed by atoms with Crippen LogP contribution in [0.4, 0.5) is 0 Å². The van der Waals surface area contributed by atoms with Gasteiger partial charge in [0.15, 0.2) is 0 Å². The van der Waals surface area contributed by atoms with Crippen molar-refractivity contribution in [1.82, 2.24) is 4.90 Å². The van der Waals surface area contributed by atoms with Crippen LogP contribution in [0.25, 0.3) is 0 Å². The number of hydrogen-bond acceptors (Lipinski definition) is 3. The van der Waals surface area contributed by atoms with Crippen LogP contribution < -0.4 is 0 Å². The Bertz CT molecular complexity index is 690. The molecule has 0 aliphatic carbocycles. The molecular weight excluding hydrogens is 310 g/mol. The molecule has 0 aromatic carbocycles. The molecule has 1 fully saturated rings. The molecule has 0 bridgehead atoms. The first-order chi connectivity index (χ1) is 10.4. The molecular formula is C18H29NO3S. The molecule has 0 radical (unpaired) electrons. The first-order valence-electron chi connectivity index (χ1n) is 8.30. The van der Waals surface area contributed by atoms with Crippen LogP contribution in [0.2, 0.25) is 0 Å². The SMILES string of the molecule is CC(C)=C1CCCN2C1=C(C(C)C)C(CS(=O)(=O)O)=CC2(C)C. The fourth-order valence-corrected chi connectivity index (χ4v) is 4.50. The molecule has 0 unspecified atom stereocenters. The Morgan fingerprint density at radius 1 is 1.35 bits per heavy atom. The van der Waals surface area contributed by atoms with Crippen LogP contribution in [-0.4, -0.2) is 35.7 Å². The molecule has 2 aliphatic rings. The largest absolute Gasteiger partial charge is 0.362 e. The lowest BCUT2D eigenvalue weighted by molar-refractivity contribution is 0.190. The third kappa shape index (κ3) is 3.72. The summed E-state index contributed by atoms with van der Waals surface area (Å²) in [7, 11) is -4.05. The summed E-state index contributed by atoms with van der Waals surface area (Å²) in [5.41, 5.74) is 5.37. The van der Waals surface area contributed by atoms with E-state index in [9.17, 15) is 13.0 Å². The summed E-state index contributed by atoms with van der Waals surface area (Å²) in [5.74, 6) is -0.110. The van der Waals surface area contributed by atoms with Gasteiger partial charge in [-0.05, 0) is 63.2 Å². The van der Waals surface area contributed by atoms with Crippen molar-refractivity contribution in [2.24, 2.45) is 5.92 Å². The molecule has 2 heterocycles. The molecule has 4 nitrogen and oxygen atoms in total. The average molecular weight is 340 g/mol. The lowest BCUT2D eigenvalue weighted by atomic mass is 9.78. The van der Waals surface area contributed by atoms with Gasteiger partial charge in [-0.2, -0.15) is 8.42 Å². The van der Waals surface area contributed by atoms with Gasteiger partial charge in [-0.15, -0.1) is 0 Å². The predicted octanol–water partition coefficient (Wildman–Crippen LogP) is 3.94. The molecule has 0 amide bonds. The van der Waals surface area contributed by atoms with Gasteiger partial charge in [0, 0.05) is 12.2 Å². The predicted molar refractivity (Wildman–Crippen MR) is 94.8 cm³/mol. The highest BCUT2D eigenvalue weighted by Crippen LogP contribution is 2.44. The first-order valence-corrected chi connectivity index (χ1v) is 9.91. The minimum Gasteiger partial charge on any atom is -0.362 e. The number of nitrogens with zero attached hydrogens (tertiary/aromatic N) is 1. The molecule has 23 heavy (non-hydrogen) atoms. The normalized spacial score (nSPS) is 21.5. The van der Waals surface area contributed by atoms with E-state index in [4.69, 9.17) is 0 Å². The molecule has 1 N–H and O–H groups in total. The molecule has 0 aromatic heterocycles. The summed E-state index contributed by atoms with van der Waals surface area (Å²) in [5, 5.41) is 0. The van der Waals surface area contributed by atoms with Gasteiger partial charge < -0.3 is 4.90 Å². The highest BCUT2D eigenvalue weighted by molar-refractivity contribution is 7.86. The summed E-state index contributed by atoms with van der Waals surface area (Å²) in [6.07, 6.45) is 4.16. The van der Waals surface area contributed by atoms with Crippen molar-refractivity contribution in [2.45, 2.75) is 59.9 Å². The lowest BCUT2D eigenvalue weighted by Crippen LogP contribution is -2.48. The molecule has 2 rings (SSSR count). The summed E-state index contributed by atoms with van der Waals surface area (Å²) in [6, 6.07) is 0. The van der Waals surface area contributed by atoms with Crippen LogP contribution in [0.5, 0.6) is 0 Å².